The molecule has 1 unspecified atom stereocenters. The van der Waals surface area contributed by atoms with Gasteiger partial charge in [0.25, 0.3) is 0 Å². The molecule has 3 heteroatoms. The van der Waals surface area contributed by atoms with Gasteiger partial charge in [0.1, 0.15) is 0 Å². The Hall–Kier alpha value is -0.380. The first-order chi connectivity index (χ1) is 9.24. The number of nitrogens with two attached hydrogens (primary N) is 1. The molecule has 1 atom stereocenters. The van der Waals surface area contributed by atoms with Crippen LogP contribution in [0.1, 0.15) is 68.4 Å². The number of aryl methyl sites for hydroxylation is 1. The summed E-state index contributed by atoms with van der Waals surface area (Å²) in [7, 11) is 0. The van der Waals surface area contributed by atoms with Crippen LogP contribution in [-0.2, 0) is 0 Å². The Balaban J connectivity index is 1.88. The first kappa shape index (κ1) is 15.0. The van der Waals surface area contributed by atoms with Gasteiger partial charge in [0.05, 0.1) is 0 Å². The Morgan fingerprint density at radius 1 is 1.37 bits per heavy atom. The van der Waals surface area contributed by atoms with Crippen molar-refractivity contribution in [2.75, 3.05) is 0 Å². The summed E-state index contributed by atoms with van der Waals surface area (Å²) in [6, 6.07) is 2.65. The second-order valence-corrected chi connectivity index (χ2v) is 7.17. The molecule has 2 rings (SSSR count). The van der Waals surface area contributed by atoms with Crippen molar-refractivity contribution in [2.24, 2.45) is 17.7 Å². The van der Waals surface area contributed by atoms with Crippen LogP contribution in [-0.4, -0.2) is 0 Å². The number of hydrazine groups is 1. The average molecular weight is 280 g/mol. The van der Waals surface area contributed by atoms with Gasteiger partial charge >= 0.3 is 0 Å². The first-order valence-corrected chi connectivity index (χ1v) is 8.63. The second-order valence-electron chi connectivity index (χ2n) is 6.06. The Bertz CT molecular complexity index is 367. The van der Waals surface area contributed by atoms with Gasteiger partial charge in [-0.05, 0) is 48.6 Å². The Labute approximate surface area is 121 Å². The van der Waals surface area contributed by atoms with Crippen molar-refractivity contribution in [2.45, 2.75) is 64.8 Å². The normalized spacial score (nSPS) is 25.4. The van der Waals surface area contributed by atoms with Crippen molar-refractivity contribution in [3.63, 3.8) is 0 Å². The van der Waals surface area contributed by atoms with E-state index < -0.39 is 0 Å². The van der Waals surface area contributed by atoms with Gasteiger partial charge < -0.3 is 0 Å². The molecule has 1 heterocycles. The lowest BCUT2D eigenvalue weighted by molar-refractivity contribution is 0.214. The van der Waals surface area contributed by atoms with Crippen molar-refractivity contribution < 1.29 is 0 Å². The highest BCUT2D eigenvalue weighted by atomic mass is 32.1. The van der Waals surface area contributed by atoms with E-state index in [0.717, 1.165) is 11.8 Å². The summed E-state index contributed by atoms with van der Waals surface area (Å²) in [5.41, 5.74) is 4.46. The standard InChI is InChI=1S/C16H28N2S/c1-3-4-5-13-6-8-14(9-7-13)16(18-17)15-10-12(2)19-11-15/h10-11,13-14,16,18H,3-9,17H2,1-2H3. The third-order valence-corrected chi connectivity index (χ3v) is 5.50. The van der Waals surface area contributed by atoms with Crippen LogP contribution in [0.4, 0.5) is 0 Å². The molecule has 0 aromatic carbocycles. The third-order valence-electron chi connectivity index (χ3n) is 4.62. The fourth-order valence-electron chi connectivity index (χ4n) is 3.43. The Morgan fingerprint density at radius 3 is 2.63 bits per heavy atom. The largest absolute Gasteiger partial charge is 0.271 e. The van der Waals surface area contributed by atoms with Crippen LogP contribution in [0, 0.1) is 18.8 Å². The summed E-state index contributed by atoms with van der Waals surface area (Å²) in [4.78, 5) is 1.38. The predicted molar refractivity (Wildman–Crippen MR) is 84.1 cm³/mol. The molecule has 1 aliphatic carbocycles. The lowest BCUT2D eigenvalue weighted by Gasteiger charge is -2.33. The van der Waals surface area contributed by atoms with E-state index in [2.05, 4.69) is 30.7 Å². The molecule has 2 nitrogen and oxygen atoms in total. The highest BCUT2D eigenvalue weighted by molar-refractivity contribution is 7.10. The number of hydrogen-bond donors (Lipinski definition) is 2. The van der Waals surface area contributed by atoms with Crippen molar-refractivity contribution >= 4 is 11.3 Å². The second kappa shape index (κ2) is 7.41. The number of thiophene rings is 1. The zero-order valence-corrected chi connectivity index (χ0v) is 13.1. The maximum Gasteiger partial charge on any atom is 0.0496 e. The van der Waals surface area contributed by atoms with Gasteiger partial charge in [0, 0.05) is 10.9 Å². The minimum absolute atomic E-state index is 0.358. The maximum atomic E-state index is 5.81. The van der Waals surface area contributed by atoms with Gasteiger partial charge in [-0.15, -0.1) is 11.3 Å². The molecule has 1 aliphatic rings. The lowest BCUT2D eigenvalue weighted by atomic mass is 9.76. The molecule has 19 heavy (non-hydrogen) atoms. The quantitative estimate of drug-likeness (QED) is 0.592. The van der Waals surface area contributed by atoms with Crippen molar-refractivity contribution in [3.8, 4) is 0 Å². The predicted octanol–water partition coefficient (Wildman–Crippen LogP) is 4.56. The van der Waals surface area contributed by atoms with Crippen LogP contribution in [0.5, 0.6) is 0 Å². The van der Waals surface area contributed by atoms with E-state index in [0.29, 0.717) is 6.04 Å². The molecule has 108 valence electrons. The van der Waals surface area contributed by atoms with E-state index in [9.17, 15) is 0 Å². The van der Waals surface area contributed by atoms with Crippen LogP contribution < -0.4 is 11.3 Å². The fraction of sp³-hybridized carbons (Fsp3) is 0.750. The summed E-state index contributed by atoms with van der Waals surface area (Å²) in [5, 5.41) is 2.27. The van der Waals surface area contributed by atoms with Crippen LogP contribution in [0.2, 0.25) is 0 Å². The van der Waals surface area contributed by atoms with E-state index in [-0.39, 0.29) is 0 Å². The monoisotopic (exact) mass is 280 g/mol. The molecule has 0 saturated heterocycles. The molecular weight excluding hydrogens is 252 g/mol. The van der Waals surface area contributed by atoms with E-state index in [4.69, 9.17) is 5.84 Å². The molecule has 0 bridgehead atoms. The van der Waals surface area contributed by atoms with Gasteiger partial charge in [0.2, 0.25) is 0 Å². The van der Waals surface area contributed by atoms with Crippen LogP contribution in [0.3, 0.4) is 0 Å². The molecule has 0 amide bonds. The summed E-state index contributed by atoms with van der Waals surface area (Å²) in [5.74, 6) is 7.50. The van der Waals surface area contributed by atoms with E-state index >= 15 is 0 Å². The van der Waals surface area contributed by atoms with Gasteiger partial charge in [0.15, 0.2) is 0 Å². The number of unbranched alkanes of at least 4 members (excludes halogenated alkanes) is 1. The number of rotatable bonds is 6. The molecule has 0 aliphatic heterocycles. The molecule has 1 aromatic heterocycles. The number of nitrogens with one attached hydrogen (secondary N) is 1. The summed E-state index contributed by atoms with van der Waals surface area (Å²) < 4.78 is 0. The van der Waals surface area contributed by atoms with E-state index in [1.807, 2.05) is 11.3 Å². The fourth-order valence-corrected chi connectivity index (χ4v) is 4.18. The van der Waals surface area contributed by atoms with Crippen molar-refractivity contribution in [3.05, 3.63) is 21.9 Å². The highest BCUT2D eigenvalue weighted by Gasteiger charge is 2.28. The topological polar surface area (TPSA) is 38.0 Å². The summed E-state index contributed by atoms with van der Waals surface area (Å²) >= 11 is 1.83. The zero-order valence-electron chi connectivity index (χ0n) is 12.3. The summed E-state index contributed by atoms with van der Waals surface area (Å²) in [6.45, 7) is 4.46. The van der Waals surface area contributed by atoms with Crippen LogP contribution >= 0.6 is 11.3 Å². The zero-order chi connectivity index (χ0) is 13.7. The van der Waals surface area contributed by atoms with Crippen LogP contribution in [0.25, 0.3) is 0 Å². The number of hydrogen-bond acceptors (Lipinski definition) is 3. The molecule has 3 N–H and O–H groups in total. The maximum absolute atomic E-state index is 5.81. The first-order valence-electron chi connectivity index (χ1n) is 7.75. The van der Waals surface area contributed by atoms with Crippen molar-refractivity contribution in [1.82, 2.24) is 5.43 Å². The Kier molecular flexibility index (Phi) is 5.86. The SMILES string of the molecule is CCCCC1CCC(C(NN)c2csc(C)c2)CC1. The van der Waals surface area contributed by atoms with E-state index in [1.54, 1.807) is 0 Å². The third kappa shape index (κ3) is 4.04. The lowest BCUT2D eigenvalue weighted by Crippen LogP contribution is -2.35. The minimum atomic E-state index is 0.358. The minimum Gasteiger partial charge on any atom is -0.271 e. The van der Waals surface area contributed by atoms with Crippen LogP contribution in [0.15, 0.2) is 11.4 Å². The highest BCUT2D eigenvalue weighted by Crippen LogP contribution is 2.39. The van der Waals surface area contributed by atoms with Gasteiger partial charge in [-0.2, -0.15) is 0 Å². The van der Waals surface area contributed by atoms with E-state index in [1.165, 1.54) is 55.4 Å². The molecular formula is C16H28N2S. The molecule has 0 spiro atoms. The molecule has 1 aromatic rings. The average Bonchev–Trinajstić information content (AvgIpc) is 2.85. The molecule has 1 saturated carbocycles. The van der Waals surface area contributed by atoms with Gasteiger partial charge in [-0.25, -0.2) is 0 Å². The molecule has 0 radical (unpaired) electrons. The van der Waals surface area contributed by atoms with Gasteiger partial charge in [-0.3, -0.25) is 11.3 Å². The van der Waals surface area contributed by atoms with Crippen molar-refractivity contribution in [1.29, 1.82) is 0 Å². The van der Waals surface area contributed by atoms with Gasteiger partial charge in [-0.1, -0.05) is 39.0 Å². The smallest absolute Gasteiger partial charge is 0.0496 e. The Morgan fingerprint density at radius 2 is 2.11 bits per heavy atom. The summed E-state index contributed by atoms with van der Waals surface area (Å²) in [6.07, 6.45) is 9.62. The molecule has 1 fully saturated rings.